The van der Waals surface area contributed by atoms with Gasteiger partial charge in [-0.1, -0.05) is 131 Å². The molecule has 2 nitrogen and oxygen atoms in total. The Balaban J connectivity index is 1.62. The molecule has 0 bridgehead atoms. The zero-order valence-electron chi connectivity index (χ0n) is 26.3. The van der Waals surface area contributed by atoms with Gasteiger partial charge in [0.25, 0.3) is 0 Å². The predicted octanol–water partition coefficient (Wildman–Crippen LogP) is 9.03. The van der Waals surface area contributed by atoms with E-state index in [0.29, 0.717) is 0 Å². The van der Waals surface area contributed by atoms with Gasteiger partial charge < -0.3 is 0 Å². The summed E-state index contributed by atoms with van der Waals surface area (Å²) in [5.74, 6) is 0. The van der Waals surface area contributed by atoms with Gasteiger partial charge in [0.05, 0.1) is 10.8 Å². The van der Waals surface area contributed by atoms with Crippen LogP contribution in [0.4, 0.5) is 0 Å². The fourth-order valence-electron chi connectivity index (χ4n) is 7.12. The summed E-state index contributed by atoms with van der Waals surface area (Å²) in [7, 11) is 0.107. The third-order valence-electron chi connectivity index (χ3n) is 9.23. The number of rotatable bonds is 10. The van der Waals surface area contributed by atoms with E-state index in [4.69, 9.17) is 0 Å². The number of benzene rings is 3. The fraction of sp³-hybridized carbons (Fsp3) is 0.514. The summed E-state index contributed by atoms with van der Waals surface area (Å²) in [6.07, 6.45) is 14.9. The minimum absolute atomic E-state index is 0.0879. The molecule has 2 aliphatic carbocycles. The van der Waals surface area contributed by atoms with Crippen molar-refractivity contribution in [3.05, 3.63) is 90.5 Å². The molecule has 5 rings (SSSR count). The van der Waals surface area contributed by atoms with E-state index in [1.165, 1.54) is 80.4 Å². The minimum Gasteiger partial charge on any atom is -0.242 e. The van der Waals surface area contributed by atoms with Crippen molar-refractivity contribution in [3.8, 4) is 0 Å². The number of nitrogens with zero attached hydrogens (tertiary/aromatic N) is 1. The normalized spacial score (nSPS) is 18.9. The van der Waals surface area contributed by atoms with Crippen LogP contribution in [0.3, 0.4) is 0 Å². The molecule has 5 heteroatoms. The van der Waals surface area contributed by atoms with Gasteiger partial charge in [0.2, 0.25) is 0 Å². The Bertz CT molecular complexity index is 1210. The maximum atomic E-state index is 14.2. The monoisotopic (exact) mass is 619 g/mol. The maximum Gasteiger partial charge on any atom is 0.100 e. The van der Waals surface area contributed by atoms with Crippen molar-refractivity contribution in [2.75, 3.05) is 13.2 Å². The molecular formula is C37H51NOP2S. The van der Waals surface area contributed by atoms with Gasteiger partial charge in [-0.3, -0.25) is 0 Å². The van der Waals surface area contributed by atoms with E-state index in [9.17, 15) is 4.21 Å². The molecule has 2 atom stereocenters. The summed E-state index contributed by atoms with van der Waals surface area (Å²) >= 11 is 0. The van der Waals surface area contributed by atoms with Crippen molar-refractivity contribution in [1.82, 2.24) is 4.31 Å². The van der Waals surface area contributed by atoms with Crippen LogP contribution in [0.2, 0.25) is 0 Å². The summed E-state index contributed by atoms with van der Waals surface area (Å²) < 4.78 is 16.1. The lowest BCUT2D eigenvalue weighted by atomic mass is 9.99. The second-order valence-electron chi connectivity index (χ2n) is 13.3. The lowest BCUT2D eigenvalue weighted by Gasteiger charge is -2.42. The van der Waals surface area contributed by atoms with Crippen LogP contribution in [-0.4, -0.2) is 37.8 Å². The van der Waals surface area contributed by atoms with E-state index in [2.05, 4.69) is 117 Å². The molecule has 0 radical (unpaired) electrons. The Hall–Kier alpha value is -1.37. The largest absolute Gasteiger partial charge is 0.242 e. The van der Waals surface area contributed by atoms with Crippen molar-refractivity contribution in [3.63, 3.8) is 0 Å². The number of hydrogen-bond donors (Lipinski definition) is 0. The smallest absolute Gasteiger partial charge is 0.100 e. The summed E-state index contributed by atoms with van der Waals surface area (Å²) in [5, 5.41) is 4.43. The first-order valence-corrected chi connectivity index (χ1v) is 20.4. The van der Waals surface area contributed by atoms with Crippen LogP contribution in [0, 0.1) is 0 Å². The van der Waals surface area contributed by atoms with Crippen LogP contribution in [0.5, 0.6) is 0 Å². The zero-order valence-corrected chi connectivity index (χ0v) is 28.9. The van der Waals surface area contributed by atoms with Gasteiger partial charge in [0.1, 0.15) is 11.0 Å². The van der Waals surface area contributed by atoms with Crippen molar-refractivity contribution in [1.29, 1.82) is 0 Å². The first-order chi connectivity index (χ1) is 20.3. The van der Waals surface area contributed by atoms with Gasteiger partial charge in [0.15, 0.2) is 0 Å². The number of hydrogen-bond acceptors (Lipinski definition) is 1. The van der Waals surface area contributed by atoms with Crippen LogP contribution in [0.25, 0.3) is 0 Å². The summed E-state index contributed by atoms with van der Waals surface area (Å²) in [5.41, 5.74) is 3.13. The fourth-order valence-corrected chi connectivity index (χ4v) is 15.1. The van der Waals surface area contributed by atoms with Gasteiger partial charge in [-0.05, 0) is 93.3 Å². The summed E-state index contributed by atoms with van der Waals surface area (Å²) in [6, 6.07) is 31.7. The Kier molecular flexibility index (Phi) is 11.5. The molecule has 2 saturated carbocycles. The highest BCUT2D eigenvalue weighted by Gasteiger charge is 2.38. The van der Waals surface area contributed by atoms with E-state index in [0.717, 1.165) is 17.5 Å². The average Bonchev–Trinajstić information content (AvgIpc) is 3.03. The van der Waals surface area contributed by atoms with Crippen LogP contribution in [0.15, 0.2) is 84.9 Å². The Morgan fingerprint density at radius 3 is 1.64 bits per heavy atom. The molecule has 0 amide bonds. The van der Waals surface area contributed by atoms with Crippen molar-refractivity contribution in [2.24, 2.45) is 0 Å². The Labute approximate surface area is 261 Å². The van der Waals surface area contributed by atoms with Gasteiger partial charge in [-0.2, -0.15) is 0 Å². The van der Waals surface area contributed by atoms with Crippen LogP contribution in [-0.2, 0) is 11.0 Å². The highest BCUT2D eigenvalue weighted by molar-refractivity contribution is 7.84. The molecule has 1 unspecified atom stereocenters. The topological polar surface area (TPSA) is 20.3 Å². The molecular weight excluding hydrogens is 568 g/mol. The quantitative estimate of drug-likeness (QED) is 0.207. The van der Waals surface area contributed by atoms with Gasteiger partial charge >= 0.3 is 0 Å². The van der Waals surface area contributed by atoms with Gasteiger partial charge in [0, 0.05) is 7.05 Å². The van der Waals surface area contributed by atoms with Crippen molar-refractivity contribution < 1.29 is 4.21 Å². The van der Waals surface area contributed by atoms with Crippen LogP contribution < -0.4 is 15.9 Å². The Morgan fingerprint density at radius 2 is 1.17 bits per heavy atom. The SMILES string of the molecule is CN([C@@H](CP(c1ccccc1)c1ccccc1)c1ccccc1P(C1CCCCC1)C1CCCCC1)S(=O)C(C)(C)C. The van der Waals surface area contributed by atoms with Crippen LogP contribution >= 0.6 is 15.8 Å². The standard InChI is InChI=1S/C37H51NOP2S/c1-37(2,3)42(39)38(4)35(29-40(30-19-9-5-10-20-30)31-21-11-6-12-22-31)34-27-17-18-28-36(34)41(32-23-13-7-14-24-32)33-25-15-8-16-26-33/h5-6,9-12,17-22,27-28,32-33,35H,7-8,13-16,23-26,29H2,1-4H3/t35-,42?/m0/s1. The second kappa shape index (κ2) is 15.1. The van der Waals surface area contributed by atoms with E-state index < -0.39 is 18.9 Å². The average molecular weight is 620 g/mol. The molecule has 3 aromatic rings. The molecule has 0 spiro atoms. The molecule has 0 N–H and O–H groups in total. The van der Waals surface area contributed by atoms with Crippen LogP contribution in [0.1, 0.15) is 96.6 Å². The highest BCUT2D eigenvalue weighted by Crippen LogP contribution is 2.56. The predicted molar refractivity (Wildman–Crippen MR) is 189 cm³/mol. The molecule has 0 aromatic heterocycles. The minimum atomic E-state index is -1.12. The first-order valence-electron chi connectivity index (χ1n) is 16.2. The highest BCUT2D eigenvalue weighted by atomic mass is 32.2. The lowest BCUT2D eigenvalue weighted by molar-refractivity contribution is 0.423. The Morgan fingerprint density at radius 1 is 0.714 bits per heavy atom. The third-order valence-corrected chi connectivity index (χ3v) is 17.2. The molecule has 42 heavy (non-hydrogen) atoms. The van der Waals surface area contributed by atoms with Crippen molar-refractivity contribution in [2.45, 2.75) is 107 Å². The summed E-state index contributed by atoms with van der Waals surface area (Å²) in [6.45, 7) is 6.37. The van der Waals surface area contributed by atoms with E-state index in [-0.39, 0.29) is 18.7 Å². The first kappa shape index (κ1) is 32.0. The molecule has 2 aliphatic rings. The van der Waals surface area contributed by atoms with Gasteiger partial charge in [-0.25, -0.2) is 8.51 Å². The van der Waals surface area contributed by atoms with Crippen molar-refractivity contribution >= 4 is 42.7 Å². The second-order valence-corrected chi connectivity index (χ2v) is 20.6. The van der Waals surface area contributed by atoms with Gasteiger partial charge in [-0.15, -0.1) is 0 Å². The summed E-state index contributed by atoms with van der Waals surface area (Å²) in [4.78, 5) is 0. The molecule has 3 aromatic carbocycles. The van der Waals surface area contributed by atoms with E-state index >= 15 is 0 Å². The molecule has 226 valence electrons. The molecule has 0 saturated heterocycles. The van der Waals surface area contributed by atoms with E-state index in [1.54, 1.807) is 5.30 Å². The van der Waals surface area contributed by atoms with E-state index in [1.807, 2.05) is 0 Å². The zero-order chi connectivity index (χ0) is 29.5. The third kappa shape index (κ3) is 7.82. The molecule has 0 heterocycles. The lowest BCUT2D eigenvalue weighted by Crippen LogP contribution is -2.41. The molecule has 2 fully saturated rings. The molecule has 0 aliphatic heterocycles. The maximum absolute atomic E-state index is 14.2.